The van der Waals surface area contributed by atoms with Crippen molar-refractivity contribution in [2.75, 3.05) is 5.32 Å². The van der Waals surface area contributed by atoms with Crippen molar-refractivity contribution >= 4 is 17.4 Å². The number of carbonyl (C=O) groups is 2. The molecule has 0 saturated heterocycles. The van der Waals surface area contributed by atoms with Gasteiger partial charge in [0, 0.05) is 24.1 Å². The zero-order valence-electron chi connectivity index (χ0n) is 14.6. The zero-order chi connectivity index (χ0) is 19.3. The highest BCUT2D eigenvalue weighted by atomic mass is 19.4. The lowest BCUT2D eigenvalue weighted by atomic mass is 9.76. The van der Waals surface area contributed by atoms with Crippen molar-refractivity contribution in [2.24, 2.45) is 5.41 Å². The first kappa shape index (κ1) is 18.2. The van der Waals surface area contributed by atoms with Crippen LogP contribution < -0.4 is 5.32 Å². The highest BCUT2D eigenvalue weighted by Gasteiger charge is 2.37. The van der Waals surface area contributed by atoms with E-state index in [1.165, 1.54) is 12.1 Å². The third kappa shape index (κ3) is 3.38. The van der Waals surface area contributed by atoms with Crippen molar-refractivity contribution < 1.29 is 27.2 Å². The molecule has 138 valence electrons. The van der Waals surface area contributed by atoms with Crippen molar-refractivity contribution in [1.29, 1.82) is 0 Å². The fraction of sp³-hybridized carbons (Fsp3) is 0.368. The number of furan rings is 1. The number of ketones is 1. The summed E-state index contributed by atoms with van der Waals surface area (Å²) in [5.74, 6) is -0.353. The lowest BCUT2D eigenvalue weighted by molar-refractivity contribution is -0.137. The van der Waals surface area contributed by atoms with Gasteiger partial charge in [0.1, 0.15) is 5.76 Å². The Bertz CT molecular complexity index is 894. The van der Waals surface area contributed by atoms with Crippen LogP contribution in [0.4, 0.5) is 18.9 Å². The van der Waals surface area contributed by atoms with Crippen LogP contribution in [0.25, 0.3) is 0 Å². The van der Waals surface area contributed by atoms with Gasteiger partial charge in [-0.1, -0.05) is 19.9 Å². The summed E-state index contributed by atoms with van der Waals surface area (Å²) in [7, 11) is 0. The third-order valence-electron chi connectivity index (χ3n) is 4.43. The molecule has 0 radical (unpaired) electrons. The number of alkyl halides is 3. The summed E-state index contributed by atoms with van der Waals surface area (Å²) in [4.78, 5) is 24.8. The monoisotopic (exact) mass is 365 g/mol. The molecule has 0 aliphatic heterocycles. The van der Waals surface area contributed by atoms with E-state index in [4.69, 9.17) is 4.42 Å². The largest absolute Gasteiger partial charge is 0.455 e. The number of carbonyl (C=O) groups excluding carboxylic acids is 2. The SMILES string of the molecule is Cc1c(C(=O)Nc2cccc(C(F)(F)F)c2)oc2c1C(=O)CC(C)(C)C2. The quantitative estimate of drug-likeness (QED) is 0.813. The molecule has 0 saturated carbocycles. The second-order valence-electron chi connectivity index (χ2n) is 7.33. The minimum absolute atomic E-state index is 0.00486. The number of nitrogens with one attached hydrogen (secondary N) is 1. The molecule has 0 bridgehead atoms. The number of amides is 1. The molecular weight excluding hydrogens is 347 g/mol. The number of hydrogen-bond acceptors (Lipinski definition) is 3. The van der Waals surface area contributed by atoms with Gasteiger partial charge in [0.05, 0.1) is 11.1 Å². The van der Waals surface area contributed by atoms with Gasteiger partial charge < -0.3 is 9.73 Å². The van der Waals surface area contributed by atoms with Gasteiger partial charge in [0.25, 0.3) is 5.91 Å². The van der Waals surface area contributed by atoms with Gasteiger partial charge in [-0.25, -0.2) is 0 Å². The van der Waals surface area contributed by atoms with Gasteiger partial charge in [-0.3, -0.25) is 9.59 Å². The summed E-state index contributed by atoms with van der Waals surface area (Å²) in [6.45, 7) is 5.49. The molecule has 0 atom stereocenters. The van der Waals surface area contributed by atoms with Crippen LogP contribution in [0.5, 0.6) is 0 Å². The average Bonchev–Trinajstić information content (AvgIpc) is 2.82. The average molecular weight is 365 g/mol. The minimum Gasteiger partial charge on any atom is -0.455 e. The van der Waals surface area contributed by atoms with Gasteiger partial charge >= 0.3 is 6.18 Å². The molecule has 4 nitrogen and oxygen atoms in total. The lowest BCUT2D eigenvalue weighted by Gasteiger charge is -2.27. The minimum atomic E-state index is -4.50. The first-order chi connectivity index (χ1) is 12.0. The van der Waals surface area contributed by atoms with E-state index in [9.17, 15) is 22.8 Å². The molecule has 1 aliphatic rings. The van der Waals surface area contributed by atoms with E-state index in [2.05, 4.69) is 5.32 Å². The molecule has 0 unspecified atom stereocenters. The van der Waals surface area contributed by atoms with Gasteiger partial charge in [-0.05, 0) is 30.5 Å². The summed E-state index contributed by atoms with van der Waals surface area (Å²) in [5, 5.41) is 2.41. The second-order valence-corrected chi connectivity index (χ2v) is 7.33. The maximum absolute atomic E-state index is 12.8. The molecule has 26 heavy (non-hydrogen) atoms. The second kappa shape index (κ2) is 6.00. The van der Waals surface area contributed by atoms with E-state index < -0.39 is 17.6 Å². The number of hydrogen-bond donors (Lipinski definition) is 1. The summed E-state index contributed by atoms with van der Waals surface area (Å²) >= 11 is 0. The summed E-state index contributed by atoms with van der Waals surface area (Å²) in [5.41, 5.74) is -0.278. The fourth-order valence-electron chi connectivity index (χ4n) is 3.26. The number of anilines is 1. The Morgan fingerprint density at radius 1 is 1.23 bits per heavy atom. The maximum atomic E-state index is 12.8. The normalized spacial score (nSPS) is 16.3. The highest BCUT2D eigenvalue weighted by molar-refractivity contribution is 6.07. The number of halogens is 3. The maximum Gasteiger partial charge on any atom is 0.416 e. The molecule has 1 N–H and O–H groups in total. The van der Waals surface area contributed by atoms with Crippen molar-refractivity contribution in [3.8, 4) is 0 Å². The van der Waals surface area contributed by atoms with E-state index in [-0.39, 0.29) is 22.6 Å². The molecule has 1 aromatic carbocycles. The Balaban J connectivity index is 1.90. The molecule has 0 spiro atoms. The molecule has 1 aromatic heterocycles. The molecule has 1 heterocycles. The first-order valence-electron chi connectivity index (χ1n) is 8.12. The molecule has 0 fully saturated rings. The van der Waals surface area contributed by atoms with E-state index in [0.29, 0.717) is 29.7 Å². The van der Waals surface area contributed by atoms with Crippen molar-refractivity contribution in [3.63, 3.8) is 0 Å². The van der Waals surface area contributed by atoms with E-state index in [0.717, 1.165) is 12.1 Å². The molecule has 2 aromatic rings. The van der Waals surface area contributed by atoms with Gasteiger partial charge in [0.2, 0.25) is 0 Å². The molecule has 1 amide bonds. The zero-order valence-corrected chi connectivity index (χ0v) is 14.6. The van der Waals surface area contributed by atoms with Crippen LogP contribution in [0.1, 0.15) is 58.1 Å². The Morgan fingerprint density at radius 3 is 2.58 bits per heavy atom. The van der Waals surface area contributed by atoms with Crippen LogP contribution in [0, 0.1) is 12.3 Å². The van der Waals surface area contributed by atoms with Crippen molar-refractivity contribution in [3.05, 3.63) is 52.5 Å². The Labute approximate surface area is 148 Å². The molecule has 3 rings (SSSR count). The number of benzene rings is 1. The van der Waals surface area contributed by atoms with Crippen LogP contribution in [0.2, 0.25) is 0 Å². The van der Waals surface area contributed by atoms with Crippen molar-refractivity contribution in [2.45, 2.75) is 39.8 Å². The van der Waals surface area contributed by atoms with E-state index >= 15 is 0 Å². The van der Waals surface area contributed by atoms with Crippen LogP contribution in [0.15, 0.2) is 28.7 Å². The number of rotatable bonds is 2. The van der Waals surface area contributed by atoms with Crippen LogP contribution >= 0.6 is 0 Å². The first-order valence-corrected chi connectivity index (χ1v) is 8.12. The highest BCUT2D eigenvalue weighted by Crippen LogP contribution is 2.38. The Morgan fingerprint density at radius 2 is 1.92 bits per heavy atom. The predicted octanol–water partition coefficient (Wildman–Crippen LogP) is 5.01. The van der Waals surface area contributed by atoms with Gasteiger partial charge in [-0.2, -0.15) is 13.2 Å². The summed E-state index contributed by atoms with van der Waals surface area (Å²) < 4.78 is 44.0. The van der Waals surface area contributed by atoms with Gasteiger partial charge in [-0.15, -0.1) is 0 Å². The predicted molar refractivity (Wildman–Crippen MR) is 89.3 cm³/mol. The number of Topliss-reactive ketones (excluding diaryl/α,β-unsaturated/α-hetero) is 1. The Hall–Kier alpha value is -2.57. The van der Waals surface area contributed by atoms with Crippen LogP contribution in [-0.2, 0) is 12.6 Å². The van der Waals surface area contributed by atoms with E-state index in [1.54, 1.807) is 6.92 Å². The number of fused-ring (bicyclic) bond motifs is 1. The van der Waals surface area contributed by atoms with Gasteiger partial charge in [0.15, 0.2) is 11.5 Å². The fourth-order valence-corrected chi connectivity index (χ4v) is 3.26. The topological polar surface area (TPSA) is 59.3 Å². The van der Waals surface area contributed by atoms with Crippen LogP contribution in [-0.4, -0.2) is 11.7 Å². The molecule has 7 heteroatoms. The third-order valence-corrected chi connectivity index (χ3v) is 4.43. The molecular formula is C19H18F3NO3. The lowest BCUT2D eigenvalue weighted by Crippen LogP contribution is -2.26. The smallest absolute Gasteiger partial charge is 0.416 e. The van der Waals surface area contributed by atoms with Crippen LogP contribution in [0.3, 0.4) is 0 Å². The summed E-state index contributed by atoms with van der Waals surface area (Å²) in [6, 6.07) is 4.35. The standard InChI is InChI=1S/C19H18F3NO3/c1-10-15-13(24)8-18(2,3)9-14(15)26-16(10)17(25)23-12-6-4-5-11(7-12)19(20,21)22/h4-7H,8-9H2,1-3H3,(H,23,25). The van der Waals surface area contributed by atoms with E-state index in [1.807, 2.05) is 13.8 Å². The summed E-state index contributed by atoms with van der Waals surface area (Å²) in [6.07, 6.45) is -3.63. The van der Waals surface area contributed by atoms with Crippen molar-refractivity contribution in [1.82, 2.24) is 0 Å². The Kier molecular flexibility index (Phi) is 4.21. The molecule has 1 aliphatic carbocycles.